The number of rotatable bonds is 1. The molecule has 1 aliphatic rings. The molecule has 48 valence electrons. The van der Waals surface area contributed by atoms with Crippen molar-refractivity contribution in [3.63, 3.8) is 0 Å². The van der Waals surface area contributed by atoms with Crippen LogP contribution < -0.4 is 5.32 Å². The fourth-order valence-electron chi connectivity index (χ4n) is 0.813. The zero-order chi connectivity index (χ0) is 6.85. The molecule has 1 amide bonds. The standard InChI is InChI=1S/C6H8N2O/c1-8-6(9)5-2-4(5)3-7/h4-5H,2H2,1H3,(H,8,9). The van der Waals surface area contributed by atoms with E-state index in [1.165, 1.54) is 0 Å². The first kappa shape index (κ1) is 6.09. The molecule has 0 heterocycles. The molecule has 3 nitrogen and oxygen atoms in total. The van der Waals surface area contributed by atoms with E-state index in [1.807, 2.05) is 6.07 Å². The maximum Gasteiger partial charge on any atom is 0.224 e. The second kappa shape index (κ2) is 2.06. The minimum Gasteiger partial charge on any atom is -0.359 e. The summed E-state index contributed by atoms with van der Waals surface area (Å²) in [6.07, 6.45) is 0.746. The molecular weight excluding hydrogens is 116 g/mol. The molecule has 1 fully saturated rings. The molecule has 0 spiro atoms. The summed E-state index contributed by atoms with van der Waals surface area (Å²) in [6, 6.07) is 2.04. The summed E-state index contributed by atoms with van der Waals surface area (Å²) in [6.45, 7) is 0. The predicted molar refractivity (Wildman–Crippen MR) is 31.3 cm³/mol. The Kier molecular flexibility index (Phi) is 1.39. The molecule has 0 aromatic carbocycles. The highest BCUT2D eigenvalue weighted by atomic mass is 16.1. The average Bonchev–Trinajstić information content (AvgIpc) is 2.64. The van der Waals surface area contributed by atoms with Gasteiger partial charge in [-0.3, -0.25) is 4.79 Å². The zero-order valence-corrected chi connectivity index (χ0v) is 5.22. The van der Waals surface area contributed by atoms with Gasteiger partial charge in [-0.25, -0.2) is 0 Å². The van der Waals surface area contributed by atoms with Crippen molar-refractivity contribution in [2.75, 3.05) is 7.05 Å². The van der Waals surface area contributed by atoms with Crippen molar-refractivity contribution in [1.29, 1.82) is 5.26 Å². The fraction of sp³-hybridized carbons (Fsp3) is 0.667. The molecule has 1 rings (SSSR count). The Hall–Kier alpha value is -1.04. The molecule has 3 heteroatoms. The van der Waals surface area contributed by atoms with Crippen LogP contribution in [0.25, 0.3) is 0 Å². The molecule has 9 heavy (non-hydrogen) atoms. The minimum atomic E-state index is -0.0139. The molecule has 0 bridgehead atoms. The Labute approximate surface area is 53.7 Å². The van der Waals surface area contributed by atoms with Gasteiger partial charge in [-0.2, -0.15) is 5.26 Å². The normalized spacial score (nSPS) is 30.7. The lowest BCUT2D eigenvalue weighted by molar-refractivity contribution is -0.121. The van der Waals surface area contributed by atoms with Gasteiger partial charge in [0.15, 0.2) is 0 Å². The van der Waals surface area contributed by atoms with Crippen LogP contribution in [0.5, 0.6) is 0 Å². The molecular formula is C6H8N2O. The number of nitriles is 1. The third kappa shape index (κ3) is 1.02. The topological polar surface area (TPSA) is 52.9 Å². The van der Waals surface area contributed by atoms with E-state index in [4.69, 9.17) is 5.26 Å². The molecule has 0 aromatic heterocycles. The number of carbonyl (C=O) groups excluding carboxylic acids is 1. The van der Waals surface area contributed by atoms with Gasteiger partial charge in [-0.15, -0.1) is 0 Å². The average molecular weight is 124 g/mol. The van der Waals surface area contributed by atoms with E-state index in [1.54, 1.807) is 7.05 Å². The van der Waals surface area contributed by atoms with Gasteiger partial charge in [0.2, 0.25) is 5.91 Å². The van der Waals surface area contributed by atoms with Crippen molar-refractivity contribution < 1.29 is 4.79 Å². The lowest BCUT2D eigenvalue weighted by atomic mass is 10.3. The van der Waals surface area contributed by atoms with E-state index in [9.17, 15) is 4.79 Å². The van der Waals surface area contributed by atoms with Crippen LogP contribution in [0, 0.1) is 23.2 Å². The Morgan fingerprint density at radius 3 is 2.89 bits per heavy atom. The van der Waals surface area contributed by atoms with E-state index in [-0.39, 0.29) is 17.7 Å². The number of nitrogens with one attached hydrogen (secondary N) is 1. The smallest absolute Gasteiger partial charge is 0.224 e. The minimum absolute atomic E-state index is 0.00144. The first-order valence-corrected chi connectivity index (χ1v) is 2.90. The van der Waals surface area contributed by atoms with Gasteiger partial charge in [0.1, 0.15) is 0 Å². The molecule has 1 saturated carbocycles. The second-order valence-corrected chi connectivity index (χ2v) is 2.19. The van der Waals surface area contributed by atoms with Crippen LogP contribution in [-0.4, -0.2) is 13.0 Å². The van der Waals surface area contributed by atoms with Gasteiger partial charge in [0, 0.05) is 7.05 Å². The third-order valence-electron chi connectivity index (χ3n) is 1.54. The summed E-state index contributed by atoms with van der Waals surface area (Å²) < 4.78 is 0. The summed E-state index contributed by atoms with van der Waals surface area (Å²) in [5, 5.41) is 10.8. The van der Waals surface area contributed by atoms with E-state index >= 15 is 0 Å². The number of hydrogen-bond donors (Lipinski definition) is 1. The largest absolute Gasteiger partial charge is 0.359 e. The monoisotopic (exact) mass is 124 g/mol. The predicted octanol–water partition coefficient (Wildman–Crippen LogP) is -0.108. The van der Waals surface area contributed by atoms with Crippen LogP contribution in [0.3, 0.4) is 0 Å². The zero-order valence-electron chi connectivity index (χ0n) is 5.22. The van der Waals surface area contributed by atoms with Gasteiger partial charge in [0.25, 0.3) is 0 Å². The molecule has 0 radical (unpaired) electrons. The van der Waals surface area contributed by atoms with Crippen molar-refractivity contribution >= 4 is 5.91 Å². The number of hydrogen-bond acceptors (Lipinski definition) is 2. The van der Waals surface area contributed by atoms with Gasteiger partial charge < -0.3 is 5.32 Å². The number of nitrogens with zero attached hydrogens (tertiary/aromatic N) is 1. The molecule has 2 atom stereocenters. The molecule has 2 unspecified atom stereocenters. The first-order chi connectivity index (χ1) is 4.29. The van der Waals surface area contributed by atoms with Crippen LogP contribution in [0.15, 0.2) is 0 Å². The highest BCUT2D eigenvalue weighted by Crippen LogP contribution is 2.37. The van der Waals surface area contributed by atoms with E-state index in [2.05, 4.69) is 5.32 Å². The van der Waals surface area contributed by atoms with Gasteiger partial charge in [-0.1, -0.05) is 0 Å². The Morgan fingerprint density at radius 1 is 1.89 bits per heavy atom. The molecule has 0 aromatic rings. The Bertz CT molecular complexity index is 170. The molecule has 0 saturated heterocycles. The van der Waals surface area contributed by atoms with Crippen molar-refractivity contribution in [1.82, 2.24) is 5.32 Å². The molecule has 1 N–H and O–H groups in total. The maximum absolute atomic E-state index is 10.7. The van der Waals surface area contributed by atoms with Gasteiger partial charge in [-0.05, 0) is 6.42 Å². The van der Waals surface area contributed by atoms with Gasteiger partial charge >= 0.3 is 0 Å². The molecule has 0 aliphatic heterocycles. The quantitative estimate of drug-likeness (QED) is 0.530. The third-order valence-corrected chi connectivity index (χ3v) is 1.54. The summed E-state index contributed by atoms with van der Waals surface area (Å²) in [5.41, 5.74) is 0. The van der Waals surface area contributed by atoms with Crippen LogP contribution >= 0.6 is 0 Å². The fourth-order valence-corrected chi connectivity index (χ4v) is 0.813. The number of carbonyl (C=O) groups is 1. The van der Waals surface area contributed by atoms with E-state index < -0.39 is 0 Å². The summed E-state index contributed by atoms with van der Waals surface area (Å²) in [7, 11) is 1.59. The summed E-state index contributed by atoms with van der Waals surface area (Å²) in [4.78, 5) is 10.7. The van der Waals surface area contributed by atoms with Crippen molar-refractivity contribution in [2.45, 2.75) is 6.42 Å². The lowest BCUT2D eigenvalue weighted by Crippen LogP contribution is -2.20. The van der Waals surface area contributed by atoms with Crippen LogP contribution in [0.2, 0.25) is 0 Å². The summed E-state index contributed by atoms with van der Waals surface area (Å²) >= 11 is 0. The van der Waals surface area contributed by atoms with Crippen molar-refractivity contribution in [2.24, 2.45) is 11.8 Å². The Morgan fingerprint density at radius 2 is 2.56 bits per heavy atom. The number of amides is 1. The first-order valence-electron chi connectivity index (χ1n) is 2.90. The highest BCUT2D eigenvalue weighted by molar-refractivity contribution is 5.81. The van der Waals surface area contributed by atoms with Crippen LogP contribution in [-0.2, 0) is 4.79 Å². The van der Waals surface area contributed by atoms with Crippen LogP contribution in [0.4, 0.5) is 0 Å². The van der Waals surface area contributed by atoms with E-state index in [0.29, 0.717) is 0 Å². The Balaban J connectivity index is 2.36. The van der Waals surface area contributed by atoms with Gasteiger partial charge in [0.05, 0.1) is 17.9 Å². The van der Waals surface area contributed by atoms with Crippen molar-refractivity contribution in [3.05, 3.63) is 0 Å². The lowest BCUT2D eigenvalue weighted by Gasteiger charge is -1.91. The second-order valence-electron chi connectivity index (χ2n) is 2.19. The SMILES string of the molecule is CNC(=O)C1CC1C#N. The molecule has 1 aliphatic carbocycles. The van der Waals surface area contributed by atoms with E-state index in [0.717, 1.165) is 6.42 Å². The van der Waals surface area contributed by atoms with Crippen molar-refractivity contribution in [3.8, 4) is 6.07 Å². The maximum atomic E-state index is 10.7. The highest BCUT2D eigenvalue weighted by Gasteiger charge is 2.42. The summed E-state index contributed by atoms with van der Waals surface area (Å²) in [5.74, 6) is -0.0218. The van der Waals surface area contributed by atoms with Crippen LogP contribution in [0.1, 0.15) is 6.42 Å².